The van der Waals surface area contributed by atoms with Gasteiger partial charge in [0.1, 0.15) is 0 Å². The fourth-order valence-electron chi connectivity index (χ4n) is 2.50. The highest BCUT2D eigenvalue weighted by Gasteiger charge is 2.18. The second-order valence-corrected chi connectivity index (χ2v) is 6.71. The van der Waals surface area contributed by atoms with Crippen molar-refractivity contribution in [2.24, 2.45) is 5.73 Å². The number of nitrogens with two attached hydrogens (primary N) is 1. The van der Waals surface area contributed by atoms with Crippen LogP contribution in [0.4, 0.5) is 4.79 Å². The third-order valence-corrected chi connectivity index (χ3v) is 5.02. The van der Waals surface area contributed by atoms with Crippen molar-refractivity contribution >= 4 is 23.3 Å². The van der Waals surface area contributed by atoms with Crippen LogP contribution in [0.2, 0.25) is 0 Å². The van der Waals surface area contributed by atoms with Gasteiger partial charge in [0.05, 0.1) is 13.1 Å². The van der Waals surface area contributed by atoms with Crippen molar-refractivity contribution in [2.75, 3.05) is 32.7 Å². The molecule has 0 spiro atoms. The monoisotopic (exact) mass is 324 g/mol. The summed E-state index contributed by atoms with van der Waals surface area (Å²) in [5.74, 6) is 0.0268. The van der Waals surface area contributed by atoms with Crippen molar-refractivity contribution in [3.63, 3.8) is 0 Å². The second-order valence-electron chi connectivity index (χ2n) is 5.45. The smallest absolute Gasteiger partial charge is 0.314 e. The van der Waals surface area contributed by atoms with Gasteiger partial charge in [-0.2, -0.15) is 0 Å². The zero-order chi connectivity index (χ0) is 15.9. The van der Waals surface area contributed by atoms with Gasteiger partial charge < -0.3 is 16.0 Å². The first-order valence-corrected chi connectivity index (χ1v) is 8.51. The summed E-state index contributed by atoms with van der Waals surface area (Å²) in [5, 5.41) is 2.96. The highest BCUT2D eigenvalue weighted by Crippen LogP contribution is 2.16. The maximum atomic E-state index is 12.0. The number of amides is 3. The number of nitrogens with zero attached hydrogens (tertiary/aromatic N) is 2. The van der Waals surface area contributed by atoms with Crippen LogP contribution in [-0.4, -0.2) is 54.5 Å². The Morgan fingerprint density at radius 2 is 2.00 bits per heavy atom. The van der Waals surface area contributed by atoms with Gasteiger partial charge in [0.2, 0.25) is 5.91 Å². The van der Waals surface area contributed by atoms with Crippen LogP contribution in [0.3, 0.4) is 0 Å². The second kappa shape index (κ2) is 8.14. The first-order chi connectivity index (χ1) is 10.6. The zero-order valence-corrected chi connectivity index (χ0v) is 13.8. The van der Waals surface area contributed by atoms with Gasteiger partial charge >= 0.3 is 6.03 Å². The molecule has 7 heteroatoms. The van der Waals surface area contributed by atoms with Gasteiger partial charge in [0, 0.05) is 35.9 Å². The van der Waals surface area contributed by atoms with Gasteiger partial charge in [-0.3, -0.25) is 9.69 Å². The normalized spacial score (nSPS) is 16.3. The summed E-state index contributed by atoms with van der Waals surface area (Å²) < 4.78 is 0. The summed E-state index contributed by atoms with van der Waals surface area (Å²) in [6, 6.07) is 3.80. The maximum absolute atomic E-state index is 12.0. The van der Waals surface area contributed by atoms with Crippen molar-refractivity contribution in [3.05, 3.63) is 21.9 Å². The van der Waals surface area contributed by atoms with Crippen LogP contribution in [-0.2, 0) is 17.8 Å². The van der Waals surface area contributed by atoms with E-state index in [4.69, 9.17) is 5.73 Å². The van der Waals surface area contributed by atoms with E-state index in [1.807, 2.05) is 0 Å². The lowest BCUT2D eigenvalue weighted by atomic mass is 10.3. The van der Waals surface area contributed by atoms with E-state index in [0.717, 1.165) is 19.4 Å². The number of carbonyl (C=O) groups is 2. The van der Waals surface area contributed by atoms with Gasteiger partial charge in [0.25, 0.3) is 0 Å². The molecule has 0 aromatic carbocycles. The van der Waals surface area contributed by atoms with Gasteiger partial charge in [-0.05, 0) is 25.0 Å². The summed E-state index contributed by atoms with van der Waals surface area (Å²) in [6.07, 6.45) is 1.88. The molecule has 3 amide bonds. The molecule has 1 saturated heterocycles. The Labute approximate surface area is 135 Å². The Morgan fingerprint density at radius 1 is 1.23 bits per heavy atom. The SMILES string of the molecule is CCc1ccc(CNC(=O)CN2CCCN(C(N)=O)CC2)s1. The molecule has 6 nitrogen and oxygen atoms in total. The third kappa shape index (κ3) is 4.99. The highest BCUT2D eigenvalue weighted by molar-refractivity contribution is 7.11. The van der Waals surface area contributed by atoms with Crippen molar-refractivity contribution in [2.45, 2.75) is 26.3 Å². The fourth-order valence-corrected chi connectivity index (χ4v) is 3.40. The molecule has 0 radical (unpaired) electrons. The van der Waals surface area contributed by atoms with Gasteiger partial charge in [-0.1, -0.05) is 6.92 Å². The van der Waals surface area contributed by atoms with E-state index in [0.29, 0.717) is 32.7 Å². The zero-order valence-electron chi connectivity index (χ0n) is 13.0. The molecular formula is C15H24N4O2S. The van der Waals surface area contributed by atoms with E-state index in [-0.39, 0.29) is 11.9 Å². The topological polar surface area (TPSA) is 78.7 Å². The Bertz CT molecular complexity index is 517. The number of aryl methyl sites for hydroxylation is 1. The molecule has 2 rings (SSSR count). The van der Waals surface area contributed by atoms with E-state index in [1.165, 1.54) is 9.75 Å². The number of rotatable bonds is 5. The van der Waals surface area contributed by atoms with E-state index >= 15 is 0 Å². The minimum Gasteiger partial charge on any atom is -0.351 e. The van der Waals surface area contributed by atoms with E-state index in [9.17, 15) is 9.59 Å². The summed E-state index contributed by atoms with van der Waals surface area (Å²) in [7, 11) is 0. The molecule has 1 aromatic heterocycles. The molecule has 1 aliphatic heterocycles. The Morgan fingerprint density at radius 3 is 2.68 bits per heavy atom. The van der Waals surface area contributed by atoms with Crippen LogP contribution >= 0.6 is 11.3 Å². The molecule has 1 aliphatic rings. The minimum absolute atomic E-state index is 0.0268. The van der Waals surface area contributed by atoms with E-state index < -0.39 is 0 Å². The molecule has 0 atom stereocenters. The number of hydrogen-bond donors (Lipinski definition) is 2. The van der Waals surface area contributed by atoms with Crippen molar-refractivity contribution in [3.8, 4) is 0 Å². The van der Waals surface area contributed by atoms with Crippen LogP contribution in [0.1, 0.15) is 23.1 Å². The van der Waals surface area contributed by atoms with Gasteiger partial charge in [0.15, 0.2) is 0 Å². The standard InChI is InChI=1S/C15H24N4O2S/c1-2-12-4-5-13(22-12)10-17-14(20)11-18-6-3-7-19(9-8-18)15(16)21/h4-5H,2-3,6-11H2,1H3,(H2,16,21)(H,17,20). The van der Waals surface area contributed by atoms with E-state index in [2.05, 4.69) is 29.3 Å². The third-order valence-electron chi connectivity index (χ3n) is 3.79. The summed E-state index contributed by atoms with van der Waals surface area (Å²) in [4.78, 5) is 29.4. The lowest BCUT2D eigenvalue weighted by Crippen LogP contribution is -2.41. The molecule has 2 heterocycles. The van der Waals surface area contributed by atoms with Crippen LogP contribution in [0.5, 0.6) is 0 Å². The first kappa shape index (κ1) is 16.8. The van der Waals surface area contributed by atoms with Crippen LogP contribution in [0, 0.1) is 0 Å². The predicted molar refractivity (Wildman–Crippen MR) is 87.8 cm³/mol. The molecule has 0 aliphatic carbocycles. The Hall–Kier alpha value is -1.60. The predicted octanol–water partition coefficient (Wildman–Crippen LogP) is 1.01. The highest BCUT2D eigenvalue weighted by atomic mass is 32.1. The van der Waals surface area contributed by atoms with Crippen molar-refractivity contribution in [1.82, 2.24) is 15.1 Å². The molecule has 22 heavy (non-hydrogen) atoms. The van der Waals surface area contributed by atoms with Crippen LogP contribution in [0.15, 0.2) is 12.1 Å². The summed E-state index contributed by atoms with van der Waals surface area (Å²) >= 11 is 1.74. The first-order valence-electron chi connectivity index (χ1n) is 7.69. The minimum atomic E-state index is -0.379. The maximum Gasteiger partial charge on any atom is 0.314 e. The largest absolute Gasteiger partial charge is 0.351 e. The van der Waals surface area contributed by atoms with Gasteiger partial charge in [-0.25, -0.2) is 4.79 Å². The number of urea groups is 1. The lowest BCUT2D eigenvalue weighted by molar-refractivity contribution is -0.122. The summed E-state index contributed by atoms with van der Waals surface area (Å²) in [5.41, 5.74) is 5.30. The average Bonchev–Trinajstić information content (AvgIpc) is 2.83. The number of nitrogens with one attached hydrogen (secondary N) is 1. The van der Waals surface area contributed by atoms with Crippen molar-refractivity contribution in [1.29, 1.82) is 0 Å². The molecule has 0 bridgehead atoms. The fraction of sp³-hybridized carbons (Fsp3) is 0.600. The molecular weight excluding hydrogens is 300 g/mol. The number of hydrogen-bond acceptors (Lipinski definition) is 4. The average molecular weight is 324 g/mol. The summed E-state index contributed by atoms with van der Waals surface area (Å²) in [6.45, 7) is 5.85. The van der Waals surface area contributed by atoms with Gasteiger partial charge in [-0.15, -0.1) is 11.3 Å². The van der Waals surface area contributed by atoms with Crippen molar-refractivity contribution < 1.29 is 9.59 Å². The molecule has 3 N–H and O–H groups in total. The molecule has 0 saturated carbocycles. The quantitative estimate of drug-likeness (QED) is 0.848. The number of carbonyl (C=O) groups excluding carboxylic acids is 2. The molecule has 1 aromatic rings. The number of thiophene rings is 1. The Balaban J connectivity index is 1.73. The van der Waals surface area contributed by atoms with Crippen LogP contribution in [0.25, 0.3) is 0 Å². The lowest BCUT2D eigenvalue weighted by Gasteiger charge is -2.20. The number of primary amides is 1. The molecule has 0 unspecified atom stereocenters. The van der Waals surface area contributed by atoms with E-state index in [1.54, 1.807) is 16.2 Å². The van der Waals surface area contributed by atoms with Crippen LogP contribution < -0.4 is 11.1 Å². The molecule has 122 valence electrons. The Kier molecular flexibility index (Phi) is 6.21. The molecule has 1 fully saturated rings.